The summed E-state index contributed by atoms with van der Waals surface area (Å²) in [6.07, 6.45) is 0.745. The van der Waals surface area contributed by atoms with Crippen molar-refractivity contribution in [3.05, 3.63) is 53.4 Å². The quantitative estimate of drug-likeness (QED) is 0.823. The number of carbonyl (C=O) groups is 1. The minimum atomic E-state index is -0.668. The van der Waals surface area contributed by atoms with E-state index in [0.29, 0.717) is 6.42 Å². The van der Waals surface area contributed by atoms with Crippen LogP contribution >= 0.6 is 0 Å². The Kier molecular flexibility index (Phi) is 5.93. The van der Waals surface area contributed by atoms with E-state index in [1.54, 1.807) is 13.0 Å². The molecular formula is C18H24N2O3. The van der Waals surface area contributed by atoms with Crippen molar-refractivity contribution >= 4 is 5.91 Å². The first-order chi connectivity index (χ1) is 11.0. The molecule has 0 spiro atoms. The molecule has 3 unspecified atom stereocenters. The van der Waals surface area contributed by atoms with Crippen LogP contribution in [-0.4, -0.2) is 28.3 Å². The minimum absolute atomic E-state index is 0.180. The lowest BCUT2D eigenvalue weighted by molar-refractivity contribution is 0.0817. The van der Waals surface area contributed by atoms with E-state index in [0.717, 1.165) is 17.7 Å². The molecule has 2 aromatic rings. The first-order valence-corrected chi connectivity index (χ1v) is 8.00. The van der Waals surface area contributed by atoms with Gasteiger partial charge in [-0.1, -0.05) is 49.3 Å². The summed E-state index contributed by atoms with van der Waals surface area (Å²) in [5.74, 6) is 0.0760. The van der Waals surface area contributed by atoms with Crippen molar-refractivity contribution in [3.8, 4) is 0 Å². The summed E-state index contributed by atoms with van der Waals surface area (Å²) in [6, 6.07) is 11.0. The number of nitrogens with one attached hydrogen (secondary N) is 1. The fraction of sp³-hybridized carbons (Fsp3) is 0.444. The molecule has 0 fully saturated rings. The standard InChI is InChI=1S/C18H24N2O3/c1-4-12(2)15-11-17(23-20-15)18(22)19-13(3)16(21)10-14-8-6-5-7-9-14/h5-9,11-13,16,21H,4,10H2,1-3H3,(H,19,22). The van der Waals surface area contributed by atoms with E-state index in [2.05, 4.69) is 17.4 Å². The Labute approximate surface area is 136 Å². The Morgan fingerprint density at radius 3 is 2.65 bits per heavy atom. The lowest BCUT2D eigenvalue weighted by atomic mass is 10.0. The van der Waals surface area contributed by atoms with Crippen molar-refractivity contribution in [1.82, 2.24) is 10.5 Å². The van der Waals surface area contributed by atoms with Crippen molar-refractivity contribution in [2.75, 3.05) is 0 Å². The highest BCUT2D eigenvalue weighted by atomic mass is 16.5. The number of hydrogen-bond donors (Lipinski definition) is 2. The van der Waals surface area contributed by atoms with Gasteiger partial charge in [0.15, 0.2) is 0 Å². The Balaban J connectivity index is 1.92. The highest BCUT2D eigenvalue weighted by Crippen LogP contribution is 2.18. The third kappa shape index (κ3) is 4.66. The van der Waals surface area contributed by atoms with Gasteiger partial charge in [-0.25, -0.2) is 0 Å². The van der Waals surface area contributed by atoms with Crippen molar-refractivity contribution in [3.63, 3.8) is 0 Å². The van der Waals surface area contributed by atoms with Crippen LogP contribution in [-0.2, 0) is 6.42 Å². The van der Waals surface area contributed by atoms with Gasteiger partial charge in [0.1, 0.15) is 0 Å². The molecule has 5 heteroatoms. The number of rotatable bonds is 7. The van der Waals surface area contributed by atoms with E-state index in [9.17, 15) is 9.90 Å². The number of aliphatic hydroxyl groups excluding tert-OH is 1. The van der Waals surface area contributed by atoms with Crippen LogP contribution in [0.4, 0.5) is 0 Å². The molecule has 1 aromatic heterocycles. The molecule has 23 heavy (non-hydrogen) atoms. The van der Waals surface area contributed by atoms with Crippen molar-refractivity contribution in [2.45, 2.75) is 51.7 Å². The van der Waals surface area contributed by atoms with Crippen LogP contribution in [0.25, 0.3) is 0 Å². The molecule has 0 bridgehead atoms. The maximum atomic E-state index is 12.2. The minimum Gasteiger partial charge on any atom is -0.391 e. The normalized spacial score (nSPS) is 15.0. The second kappa shape index (κ2) is 7.92. The summed E-state index contributed by atoms with van der Waals surface area (Å²) in [7, 11) is 0. The van der Waals surface area contributed by atoms with Crippen LogP contribution in [0, 0.1) is 0 Å². The molecule has 1 amide bonds. The van der Waals surface area contributed by atoms with Crippen LogP contribution < -0.4 is 5.32 Å². The number of benzene rings is 1. The summed E-state index contributed by atoms with van der Waals surface area (Å²) in [5.41, 5.74) is 1.80. The molecule has 0 saturated heterocycles. The van der Waals surface area contributed by atoms with Crippen LogP contribution in [0.2, 0.25) is 0 Å². The number of carbonyl (C=O) groups excluding carboxylic acids is 1. The van der Waals surface area contributed by atoms with E-state index >= 15 is 0 Å². The highest BCUT2D eigenvalue weighted by Gasteiger charge is 2.21. The first-order valence-electron chi connectivity index (χ1n) is 8.00. The van der Waals surface area contributed by atoms with Crippen LogP contribution in [0.15, 0.2) is 40.9 Å². The van der Waals surface area contributed by atoms with Crippen molar-refractivity contribution in [2.24, 2.45) is 0 Å². The number of hydrogen-bond acceptors (Lipinski definition) is 4. The fourth-order valence-corrected chi connectivity index (χ4v) is 2.24. The van der Waals surface area contributed by atoms with Gasteiger partial charge in [-0.3, -0.25) is 4.79 Å². The third-order valence-corrected chi connectivity index (χ3v) is 4.09. The molecule has 1 heterocycles. The number of nitrogens with zero attached hydrogens (tertiary/aromatic N) is 1. The average Bonchev–Trinajstić information content (AvgIpc) is 3.05. The zero-order valence-corrected chi connectivity index (χ0v) is 13.8. The first kappa shape index (κ1) is 17.2. The lowest BCUT2D eigenvalue weighted by Gasteiger charge is -2.19. The fourth-order valence-electron chi connectivity index (χ4n) is 2.24. The van der Waals surface area contributed by atoms with Crippen LogP contribution in [0.3, 0.4) is 0 Å². The SMILES string of the molecule is CCC(C)c1cc(C(=O)NC(C)C(O)Cc2ccccc2)on1. The van der Waals surface area contributed by atoms with Gasteiger partial charge in [-0.15, -0.1) is 0 Å². The van der Waals surface area contributed by atoms with E-state index in [1.807, 2.05) is 37.3 Å². The second-order valence-electron chi connectivity index (χ2n) is 5.94. The van der Waals surface area contributed by atoms with Crippen molar-refractivity contribution < 1.29 is 14.4 Å². The number of amides is 1. The molecule has 3 atom stereocenters. The maximum Gasteiger partial charge on any atom is 0.290 e. The monoisotopic (exact) mass is 316 g/mol. The molecular weight excluding hydrogens is 292 g/mol. The Bertz CT molecular complexity index is 624. The largest absolute Gasteiger partial charge is 0.391 e. The van der Waals surface area contributed by atoms with Crippen LogP contribution in [0.1, 0.15) is 54.9 Å². The van der Waals surface area contributed by atoms with E-state index in [1.165, 1.54) is 0 Å². The van der Waals surface area contributed by atoms with Crippen LogP contribution in [0.5, 0.6) is 0 Å². The number of aromatic nitrogens is 1. The van der Waals surface area contributed by atoms with E-state index in [-0.39, 0.29) is 23.6 Å². The van der Waals surface area contributed by atoms with Gasteiger partial charge in [-0.05, 0) is 18.9 Å². The average molecular weight is 316 g/mol. The lowest BCUT2D eigenvalue weighted by Crippen LogP contribution is -2.42. The topological polar surface area (TPSA) is 75.4 Å². The van der Waals surface area contributed by atoms with Crippen molar-refractivity contribution in [1.29, 1.82) is 0 Å². The van der Waals surface area contributed by atoms with Gasteiger partial charge in [0.25, 0.3) is 5.91 Å². The molecule has 124 valence electrons. The van der Waals surface area contributed by atoms with Gasteiger partial charge in [0, 0.05) is 18.4 Å². The predicted molar refractivity (Wildman–Crippen MR) is 88.3 cm³/mol. The van der Waals surface area contributed by atoms with Gasteiger partial charge in [0.2, 0.25) is 5.76 Å². The zero-order valence-electron chi connectivity index (χ0n) is 13.8. The van der Waals surface area contributed by atoms with Gasteiger partial charge >= 0.3 is 0 Å². The highest BCUT2D eigenvalue weighted by molar-refractivity contribution is 5.91. The Morgan fingerprint density at radius 2 is 2.00 bits per heavy atom. The zero-order chi connectivity index (χ0) is 16.8. The molecule has 0 aliphatic heterocycles. The summed E-state index contributed by atoms with van der Waals surface area (Å²) >= 11 is 0. The smallest absolute Gasteiger partial charge is 0.290 e. The molecule has 1 aromatic carbocycles. The Hall–Kier alpha value is -2.14. The molecule has 5 nitrogen and oxygen atoms in total. The molecule has 0 aliphatic carbocycles. The van der Waals surface area contributed by atoms with Gasteiger partial charge in [0.05, 0.1) is 17.8 Å². The summed E-state index contributed by atoms with van der Waals surface area (Å²) in [4.78, 5) is 12.2. The molecule has 2 N–H and O–H groups in total. The molecule has 0 saturated carbocycles. The van der Waals surface area contributed by atoms with E-state index in [4.69, 9.17) is 4.52 Å². The summed E-state index contributed by atoms with van der Waals surface area (Å²) < 4.78 is 5.10. The third-order valence-electron chi connectivity index (χ3n) is 4.09. The molecule has 0 aliphatic rings. The van der Waals surface area contributed by atoms with E-state index < -0.39 is 6.10 Å². The summed E-state index contributed by atoms with van der Waals surface area (Å²) in [5, 5.41) is 16.9. The second-order valence-corrected chi connectivity index (χ2v) is 5.94. The maximum absolute atomic E-state index is 12.2. The molecule has 2 rings (SSSR count). The molecule has 0 radical (unpaired) electrons. The summed E-state index contributed by atoms with van der Waals surface area (Å²) in [6.45, 7) is 5.87. The number of aliphatic hydroxyl groups is 1. The Morgan fingerprint density at radius 1 is 1.30 bits per heavy atom. The van der Waals surface area contributed by atoms with Gasteiger partial charge < -0.3 is 14.9 Å². The predicted octanol–water partition coefficient (Wildman–Crippen LogP) is 2.91. The van der Waals surface area contributed by atoms with Gasteiger partial charge in [-0.2, -0.15) is 0 Å².